The molecule has 0 aliphatic heterocycles. The van der Waals surface area contributed by atoms with Gasteiger partial charge in [-0.15, -0.1) is 0 Å². The number of benzene rings is 1. The van der Waals surface area contributed by atoms with E-state index >= 15 is 0 Å². The Morgan fingerprint density at radius 1 is 1.67 bits per heavy atom. The van der Waals surface area contributed by atoms with Crippen LogP contribution in [0.3, 0.4) is 0 Å². The molecular weight excluding hydrogens is 223 g/mol. The molecule has 0 aromatic heterocycles. The van der Waals surface area contributed by atoms with Crippen LogP contribution in [0.4, 0.5) is 4.39 Å². The maximum atomic E-state index is 12.9. The van der Waals surface area contributed by atoms with Gasteiger partial charge >= 0.3 is 5.97 Å². The largest absolute Gasteiger partial charge is 0.487 e. The summed E-state index contributed by atoms with van der Waals surface area (Å²) in [6, 6.07) is 1.85. The van der Waals surface area contributed by atoms with Crippen molar-refractivity contribution in [1.82, 2.24) is 0 Å². The first-order valence-corrected chi connectivity index (χ1v) is 4.40. The molecule has 0 bridgehead atoms. The standard InChI is InChI=1S/C10H8ClFO3/c1-2-3-15-9-7(10(13)14)4-6(12)5-8(9)11/h2,4-5H,1,3H2,(H,13,14). The molecule has 0 atom stereocenters. The molecule has 15 heavy (non-hydrogen) atoms. The van der Waals surface area contributed by atoms with Crippen LogP contribution in [0.25, 0.3) is 0 Å². The second kappa shape index (κ2) is 4.79. The highest BCUT2D eigenvalue weighted by Crippen LogP contribution is 2.30. The van der Waals surface area contributed by atoms with Crippen LogP contribution in [-0.2, 0) is 0 Å². The number of carboxylic acids is 1. The molecule has 0 spiro atoms. The van der Waals surface area contributed by atoms with Crippen molar-refractivity contribution in [2.45, 2.75) is 0 Å². The molecule has 1 N–H and O–H groups in total. The van der Waals surface area contributed by atoms with E-state index in [1.54, 1.807) is 0 Å². The van der Waals surface area contributed by atoms with E-state index < -0.39 is 11.8 Å². The number of carboxylic acid groups (broad SMARTS) is 1. The lowest BCUT2D eigenvalue weighted by molar-refractivity contribution is 0.0692. The molecule has 1 aromatic carbocycles. The highest BCUT2D eigenvalue weighted by atomic mass is 35.5. The molecule has 0 unspecified atom stereocenters. The highest BCUT2D eigenvalue weighted by Gasteiger charge is 2.16. The Bertz CT molecular complexity index is 404. The second-order valence-electron chi connectivity index (χ2n) is 2.67. The van der Waals surface area contributed by atoms with Crippen LogP contribution in [0, 0.1) is 5.82 Å². The van der Waals surface area contributed by atoms with Crippen molar-refractivity contribution in [3.8, 4) is 5.75 Å². The zero-order chi connectivity index (χ0) is 11.4. The summed E-state index contributed by atoms with van der Waals surface area (Å²) in [7, 11) is 0. The number of aromatic carboxylic acids is 1. The number of hydrogen-bond donors (Lipinski definition) is 1. The molecule has 1 aromatic rings. The van der Waals surface area contributed by atoms with Gasteiger partial charge in [0.05, 0.1) is 5.02 Å². The van der Waals surface area contributed by atoms with Gasteiger partial charge in [0.1, 0.15) is 18.0 Å². The third-order valence-corrected chi connectivity index (χ3v) is 1.87. The summed E-state index contributed by atoms with van der Waals surface area (Å²) < 4.78 is 17.9. The first-order chi connectivity index (χ1) is 7.06. The molecule has 5 heteroatoms. The molecular formula is C10H8ClFO3. The van der Waals surface area contributed by atoms with Gasteiger partial charge in [-0.1, -0.05) is 24.3 Å². The van der Waals surface area contributed by atoms with Crippen LogP contribution in [0.5, 0.6) is 5.75 Å². The first kappa shape index (κ1) is 11.5. The van der Waals surface area contributed by atoms with Crippen molar-refractivity contribution in [3.63, 3.8) is 0 Å². The first-order valence-electron chi connectivity index (χ1n) is 4.02. The minimum Gasteiger partial charge on any atom is -0.487 e. The van der Waals surface area contributed by atoms with Gasteiger partial charge in [0, 0.05) is 0 Å². The molecule has 0 radical (unpaired) electrons. The van der Waals surface area contributed by atoms with Crippen LogP contribution in [-0.4, -0.2) is 17.7 Å². The van der Waals surface area contributed by atoms with Crippen molar-refractivity contribution in [2.75, 3.05) is 6.61 Å². The average molecular weight is 231 g/mol. The molecule has 0 saturated carbocycles. The summed E-state index contributed by atoms with van der Waals surface area (Å²) in [6.45, 7) is 3.51. The normalized spacial score (nSPS) is 9.73. The monoisotopic (exact) mass is 230 g/mol. The summed E-state index contributed by atoms with van der Waals surface area (Å²) >= 11 is 5.65. The van der Waals surface area contributed by atoms with Crippen molar-refractivity contribution in [3.05, 3.63) is 41.2 Å². The number of halogens is 2. The molecule has 80 valence electrons. The van der Waals surface area contributed by atoms with Crippen molar-refractivity contribution >= 4 is 17.6 Å². The highest BCUT2D eigenvalue weighted by molar-refractivity contribution is 6.32. The fraction of sp³-hybridized carbons (Fsp3) is 0.100. The Kier molecular flexibility index (Phi) is 3.68. The second-order valence-corrected chi connectivity index (χ2v) is 3.08. The minimum atomic E-state index is -1.30. The Hall–Kier alpha value is -1.55. The summed E-state index contributed by atoms with van der Waals surface area (Å²) in [4.78, 5) is 10.8. The average Bonchev–Trinajstić information content (AvgIpc) is 2.15. The summed E-state index contributed by atoms with van der Waals surface area (Å²) in [5.41, 5.74) is -0.304. The van der Waals surface area contributed by atoms with Gasteiger partial charge in [-0.2, -0.15) is 0 Å². The molecule has 0 aliphatic rings. The van der Waals surface area contributed by atoms with Crippen molar-refractivity contribution in [2.24, 2.45) is 0 Å². The fourth-order valence-corrected chi connectivity index (χ4v) is 1.27. The summed E-state index contributed by atoms with van der Waals surface area (Å²) in [5, 5.41) is 8.71. The van der Waals surface area contributed by atoms with E-state index in [1.807, 2.05) is 0 Å². The SMILES string of the molecule is C=CCOc1c(Cl)cc(F)cc1C(=O)O. The lowest BCUT2D eigenvalue weighted by Gasteiger charge is -2.09. The van der Waals surface area contributed by atoms with Crippen LogP contribution in [0.15, 0.2) is 24.8 Å². The van der Waals surface area contributed by atoms with Gasteiger partial charge < -0.3 is 9.84 Å². The Labute approximate surface area is 90.7 Å². The molecule has 0 amide bonds. The lowest BCUT2D eigenvalue weighted by atomic mass is 10.2. The minimum absolute atomic E-state index is 0.0505. The third-order valence-electron chi connectivity index (χ3n) is 1.58. The summed E-state index contributed by atoms with van der Waals surface area (Å²) in [5.74, 6) is -2.07. The zero-order valence-corrected chi connectivity index (χ0v) is 8.42. The van der Waals surface area contributed by atoms with E-state index in [2.05, 4.69) is 6.58 Å². The number of ether oxygens (including phenoxy) is 1. The van der Waals surface area contributed by atoms with Crippen LogP contribution in [0.2, 0.25) is 5.02 Å². The molecule has 1 rings (SSSR count). The summed E-state index contributed by atoms with van der Waals surface area (Å²) in [6.07, 6.45) is 1.44. The topological polar surface area (TPSA) is 46.5 Å². The van der Waals surface area contributed by atoms with Crippen molar-refractivity contribution < 1.29 is 19.0 Å². The maximum Gasteiger partial charge on any atom is 0.339 e. The van der Waals surface area contributed by atoms with Crippen LogP contribution in [0.1, 0.15) is 10.4 Å². The molecule has 3 nitrogen and oxygen atoms in total. The van der Waals surface area contributed by atoms with Gasteiger partial charge in [0.2, 0.25) is 0 Å². The van der Waals surface area contributed by atoms with E-state index in [0.717, 1.165) is 12.1 Å². The smallest absolute Gasteiger partial charge is 0.339 e. The molecule has 0 heterocycles. The van der Waals surface area contributed by atoms with E-state index in [0.29, 0.717) is 0 Å². The lowest BCUT2D eigenvalue weighted by Crippen LogP contribution is -2.04. The van der Waals surface area contributed by atoms with Crippen LogP contribution >= 0.6 is 11.6 Å². The van der Waals surface area contributed by atoms with E-state index in [9.17, 15) is 9.18 Å². The predicted octanol–water partition coefficient (Wildman–Crippen LogP) is 2.74. The maximum absolute atomic E-state index is 12.9. The Balaban J connectivity index is 3.20. The van der Waals surface area contributed by atoms with E-state index in [-0.39, 0.29) is 22.9 Å². The predicted molar refractivity (Wildman–Crippen MR) is 54.1 cm³/mol. The van der Waals surface area contributed by atoms with E-state index in [1.165, 1.54) is 6.08 Å². The zero-order valence-electron chi connectivity index (χ0n) is 7.67. The van der Waals surface area contributed by atoms with Crippen molar-refractivity contribution in [1.29, 1.82) is 0 Å². The van der Waals surface area contributed by atoms with Gasteiger partial charge in [-0.25, -0.2) is 9.18 Å². The number of carbonyl (C=O) groups is 1. The number of rotatable bonds is 4. The third kappa shape index (κ3) is 2.70. The molecule has 0 aliphatic carbocycles. The Morgan fingerprint density at radius 3 is 2.87 bits per heavy atom. The Morgan fingerprint density at radius 2 is 2.33 bits per heavy atom. The number of hydrogen-bond acceptors (Lipinski definition) is 2. The quantitative estimate of drug-likeness (QED) is 0.809. The molecule has 0 fully saturated rings. The van der Waals surface area contributed by atoms with Gasteiger partial charge in [-0.05, 0) is 12.1 Å². The van der Waals surface area contributed by atoms with Crippen LogP contribution < -0.4 is 4.74 Å². The molecule has 0 saturated heterocycles. The van der Waals surface area contributed by atoms with Gasteiger partial charge in [0.25, 0.3) is 0 Å². The fourth-order valence-electron chi connectivity index (χ4n) is 1.01. The van der Waals surface area contributed by atoms with E-state index in [4.69, 9.17) is 21.4 Å². The van der Waals surface area contributed by atoms with Gasteiger partial charge in [-0.3, -0.25) is 0 Å². The van der Waals surface area contributed by atoms with Gasteiger partial charge in [0.15, 0.2) is 5.75 Å².